The summed E-state index contributed by atoms with van der Waals surface area (Å²) in [6.07, 6.45) is 2.34. The number of aliphatic carboxylic acids is 1. The van der Waals surface area contributed by atoms with Crippen LogP contribution in [0.4, 0.5) is 0 Å². The Morgan fingerprint density at radius 2 is 1.79 bits per heavy atom. The first-order valence-electron chi connectivity index (χ1n) is 6.24. The second-order valence-electron chi connectivity index (χ2n) is 4.94. The number of carboxylic acids is 1. The summed E-state index contributed by atoms with van der Waals surface area (Å²) in [5.74, 6) is -1.31. The van der Waals surface area contributed by atoms with Gasteiger partial charge in [-0.15, -0.1) is 0 Å². The summed E-state index contributed by atoms with van der Waals surface area (Å²) >= 11 is 0. The van der Waals surface area contributed by atoms with Gasteiger partial charge in [-0.25, -0.2) is 4.79 Å². The first kappa shape index (κ1) is 13.3. The van der Waals surface area contributed by atoms with E-state index in [-0.39, 0.29) is 5.91 Å². The lowest BCUT2D eigenvalue weighted by Crippen LogP contribution is -2.55. The highest BCUT2D eigenvalue weighted by Crippen LogP contribution is 2.30. The zero-order valence-electron chi connectivity index (χ0n) is 11.1. The molecule has 0 aliphatic heterocycles. The van der Waals surface area contributed by atoms with E-state index in [1.807, 2.05) is 24.3 Å². The summed E-state index contributed by atoms with van der Waals surface area (Å²) in [4.78, 5) is 23.6. The molecule has 4 heteroatoms. The van der Waals surface area contributed by atoms with Gasteiger partial charge in [0.2, 0.25) is 5.91 Å². The minimum atomic E-state index is -1.22. The molecule has 2 N–H and O–H groups in total. The van der Waals surface area contributed by atoms with Crippen molar-refractivity contribution in [3.05, 3.63) is 47.0 Å². The first-order valence-corrected chi connectivity index (χ1v) is 6.24. The van der Waals surface area contributed by atoms with Gasteiger partial charge in [-0.3, -0.25) is 4.79 Å². The van der Waals surface area contributed by atoms with E-state index >= 15 is 0 Å². The van der Waals surface area contributed by atoms with Crippen molar-refractivity contribution < 1.29 is 14.7 Å². The van der Waals surface area contributed by atoms with Crippen molar-refractivity contribution in [3.63, 3.8) is 0 Å². The molecular weight excluding hydrogens is 242 g/mol. The summed E-state index contributed by atoms with van der Waals surface area (Å²) in [6, 6.07) is 7.59. The molecule has 1 aliphatic rings. The van der Waals surface area contributed by atoms with Gasteiger partial charge in [0.05, 0.1) is 0 Å². The number of fused-ring (bicyclic) bond motifs is 1. The molecule has 1 aromatic rings. The molecule has 100 valence electrons. The second-order valence-corrected chi connectivity index (χ2v) is 4.94. The Labute approximate surface area is 112 Å². The van der Waals surface area contributed by atoms with E-state index in [0.29, 0.717) is 18.4 Å². The van der Waals surface area contributed by atoms with Crippen LogP contribution in [-0.2, 0) is 22.4 Å². The number of allylic oxidation sites excluding steroid dienone is 1. The van der Waals surface area contributed by atoms with Crippen LogP contribution in [0.15, 0.2) is 35.9 Å². The topological polar surface area (TPSA) is 66.4 Å². The molecule has 0 atom stereocenters. The normalized spacial score (nSPS) is 16.8. The fraction of sp³-hybridized carbons (Fsp3) is 0.333. The van der Waals surface area contributed by atoms with Gasteiger partial charge >= 0.3 is 5.97 Å². The van der Waals surface area contributed by atoms with E-state index in [4.69, 9.17) is 0 Å². The molecule has 4 nitrogen and oxygen atoms in total. The number of hydrogen-bond donors (Lipinski definition) is 2. The van der Waals surface area contributed by atoms with Crippen LogP contribution in [0.1, 0.15) is 25.0 Å². The van der Waals surface area contributed by atoms with E-state index in [1.165, 1.54) is 0 Å². The van der Waals surface area contributed by atoms with Crippen molar-refractivity contribution in [2.75, 3.05) is 0 Å². The van der Waals surface area contributed by atoms with Crippen LogP contribution in [0.5, 0.6) is 0 Å². The third kappa shape index (κ3) is 2.38. The zero-order valence-corrected chi connectivity index (χ0v) is 11.1. The molecule has 0 bridgehead atoms. The number of rotatable bonds is 3. The predicted molar refractivity (Wildman–Crippen MR) is 71.8 cm³/mol. The zero-order chi connectivity index (χ0) is 14.0. The van der Waals surface area contributed by atoms with Crippen LogP contribution in [-0.4, -0.2) is 22.5 Å². The van der Waals surface area contributed by atoms with Crippen molar-refractivity contribution in [1.82, 2.24) is 5.32 Å². The first-order chi connectivity index (χ1) is 8.98. The summed E-state index contributed by atoms with van der Waals surface area (Å²) in [5.41, 5.74) is 1.29. The van der Waals surface area contributed by atoms with Crippen molar-refractivity contribution in [1.29, 1.82) is 0 Å². The quantitative estimate of drug-likeness (QED) is 0.812. The monoisotopic (exact) mass is 259 g/mol. The van der Waals surface area contributed by atoms with Crippen LogP contribution < -0.4 is 5.32 Å². The molecule has 1 amide bonds. The maximum atomic E-state index is 11.9. The lowest BCUT2D eigenvalue weighted by Gasteiger charge is -2.25. The fourth-order valence-electron chi connectivity index (χ4n) is 2.36. The van der Waals surface area contributed by atoms with E-state index in [0.717, 1.165) is 11.1 Å². The third-order valence-electron chi connectivity index (χ3n) is 3.66. The van der Waals surface area contributed by atoms with Crippen LogP contribution in [0.25, 0.3) is 0 Å². The molecule has 1 aromatic carbocycles. The lowest BCUT2D eigenvalue weighted by atomic mass is 9.95. The molecule has 0 heterocycles. The van der Waals surface area contributed by atoms with Crippen LogP contribution >= 0.6 is 0 Å². The molecule has 1 aliphatic carbocycles. The summed E-state index contributed by atoms with van der Waals surface area (Å²) in [6.45, 7) is 3.43. The smallest absolute Gasteiger partial charge is 0.330 e. The maximum absolute atomic E-state index is 11.9. The van der Waals surface area contributed by atoms with Crippen molar-refractivity contribution in [3.8, 4) is 0 Å². The van der Waals surface area contributed by atoms with Gasteiger partial charge in [-0.05, 0) is 25.0 Å². The molecule has 2 rings (SSSR count). The number of carbonyl (C=O) groups excluding carboxylic acids is 1. The maximum Gasteiger partial charge on any atom is 0.330 e. The number of benzene rings is 1. The Kier molecular flexibility index (Phi) is 3.42. The fourth-order valence-corrected chi connectivity index (χ4v) is 2.36. The third-order valence-corrected chi connectivity index (χ3v) is 3.66. The van der Waals surface area contributed by atoms with Gasteiger partial charge in [0, 0.05) is 18.4 Å². The second kappa shape index (κ2) is 4.88. The molecule has 19 heavy (non-hydrogen) atoms. The largest absolute Gasteiger partial charge is 0.479 e. The van der Waals surface area contributed by atoms with Gasteiger partial charge < -0.3 is 10.4 Å². The molecule has 0 saturated heterocycles. The van der Waals surface area contributed by atoms with E-state index in [2.05, 4.69) is 5.32 Å². The molecule has 0 saturated carbocycles. The number of amides is 1. The summed E-state index contributed by atoms with van der Waals surface area (Å²) in [7, 11) is 0. The van der Waals surface area contributed by atoms with Gasteiger partial charge in [0.15, 0.2) is 0 Å². The SMILES string of the molecule is CC=C(C)C(=O)NC1(C(=O)O)Cc2ccccc2C1. The molecule has 0 radical (unpaired) electrons. The highest BCUT2D eigenvalue weighted by Gasteiger charge is 2.45. The summed E-state index contributed by atoms with van der Waals surface area (Å²) < 4.78 is 0. The van der Waals surface area contributed by atoms with Crippen molar-refractivity contribution in [2.45, 2.75) is 32.2 Å². The average molecular weight is 259 g/mol. The molecule has 0 fully saturated rings. The Morgan fingerprint density at radius 1 is 1.26 bits per heavy atom. The predicted octanol–water partition coefficient (Wildman–Crippen LogP) is 1.69. The van der Waals surface area contributed by atoms with Crippen LogP contribution in [0.2, 0.25) is 0 Å². The van der Waals surface area contributed by atoms with E-state index < -0.39 is 11.5 Å². The number of carboxylic acid groups (broad SMARTS) is 1. The Morgan fingerprint density at radius 3 is 2.21 bits per heavy atom. The average Bonchev–Trinajstić information content (AvgIpc) is 2.76. The summed E-state index contributed by atoms with van der Waals surface area (Å²) in [5, 5.41) is 12.2. The Hall–Kier alpha value is -2.10. The van der Waals surface area contributed by atoms with E-state index in [9.17, 15) is 14.7 Å². The Balaban J connectivity index is 2.29. The standard InChI is InChI=1S/C15H17NO3/c1-3-10(2)13(17)16-15(14(18)19)8-11-6-4-5-7-12(11)9-15/h3-7H,8-9H2,1-2H3,(H,16,17)(H,18,19). The molecule has 0 aromatic heterocycles. The highest BCUT2D eigenvalue weighted by atomic mass is 16.4. The van der Waals surface area contributed by atoms with Gasteiger partial charge in [-0.1, -0.05) is 30.3 Å². The van der Waals surface area contributed by atoms with Gasteiger partial charge in [0.1, 0.15) is 5.54 Å². The lowest BCUT2D eigenvalue weighted by molar-refractivity contribution is -0.146. The van der Waals surface area contributed by atoms with Crippen LogP contribution in [0, 0.1) is 0 Å². The Bertz CT molecular complexity index is 535. The van der Waals surface area contributed by atoms with Gasteiger partial charge in [0.25, 0.3) is 0 Å². The van der Waals surface area contributed by atoms with E-state index in [1.54, 1.807) is 19.9 Å². The minimum absolute atomic E-state index is 0.322. The molecular formula is C15H17NO3. The minimum Gasteiger partial charge on any atom is -0.479 e. The number of carbonyl (C=O) groups is 2. The number of hydrogen-bond acceptors (Lipinski definition) is 2. The number of nitrogens with one attached hydrogen (secondary N) is 1. The van der Waals surface area contributed by atoms with Crippen molar-refractivity contribution in [2.24, 2.45) is 0 Å². The highest BCUT2D eigenvalue weighted by molar-refractivity contribution is 5.97. The van der Waals surface area contributed by atoms with Crippen molar-refractivity contribution >= 4 is 11.9 Å². The molecule has 0 spiro atoms. The van der Waals surface area contributed by atoms with Crippen LogP contribution in [0.3, 0.4) is 0 Å². The molecule has 0 unspecified atom stereocenters. The van der Waals surface area contributed by atoms with Gasteiger partial charge in [-0.2, -0.15) is 0 Å².